The number of aryl methyl sites for hydroxylation is 1. The van der Waals surface area contributed by atoms with Crippen molar-refractivity contribution in [1.29, 1.82) is 0 Å². The fraction of sp³-hybridized carbons (Fsp3) is 0.200. The van der Waals surface area contributed by atoms with Gasteiger partial charge in [0.25, 0.3) is 0 Å². The Bertz CT molecular complexity index is 453. The van der Waals surface area contributed by atoms with Crippen LogP contribution >= 0.6 is 0 Å². The predicted molar refractivity (Wildman–Crippen MR) is 53.4 cm³/mol. The summed E-state index contributed by atoms with van der Waals surface area (Å²) in [7, 11) is 1.80. The highest BCUT2D eigenvalue weighted by molar-refractivity contribution is 5.31. The van der Waals surface area contributed by atoms with E-state index in [-0.39, 0.29) is 5.75 Å². The molecule has 5 nitrogen and oxygen atoms in total. The first-order valence-corrected chi connectivity index (χ1v) is 4.51. The number of hydrogen-bond acceptors (Lipinski definition) is 4. The molecule has 0 radical (unpaired) electrons. The van der Waals surface area contributed by atoms with E-state index in [0.717, 1.165) is 5.69 Å². The smallest absolute Gasteiger partial charge is 0.134 e. The molecule has 0 saturated carbocycles. The average molecular weight is 205 g/mol. The van der Waals surface area contributed by atoms with Crippen LogP contribution in [-0.2, 0) is 13.7 Å². The Labute approximate surface area is 86.9 Å². The summed E-state index contributed by atoms with van der Waals surface area (Å²) in [6.45, 7) is 0.345. The zero-order valence-corrected chi connectivity index (χ0v) is 8.29. The Morgan fingerprint density at radius 1 is 1.47 bits per heavy atom. The van der Waals surface area contributed by atoms with Crippen LogP contribution in [0, 0.1) is 0 Å². The van der Waals surface area contributed by atoms with E-state index in [1.807, 2.05) is 0 Å². The fourth-order valence-corrected chi connectivity index (χ4v) is 1.19. The van der Waals surface area contributed by atoms with E-state index in [4.69, 9.17) is 4.74 Å². The van der Waals surface area contributed by atoms with Crippen molar-refractivity contribution in [2.24, 2.45) is 7.05 Å². The predicted octanol–water partition coefficient (Wildman–Crippen LogP) is 1.10. The van der Waals surface area contributed by atoms with Crippen LogP contribution < -0.4 is 4.74 Å². The summed E-state index contributed by atoms with van der Waals surface area (Å²) in [5.74, 6) is 0.798. The van der Waals surface area contributed by atoms with E-state index in [1.54, 1.807) is 42.2 Å². The van der Waals surface area contributed by atoms with E-state index in [1.165, 1.54) is 0 Å². The molecule has 0 atom stereocenters. The third-order valence-corrected chi connectivity index (χ3v) is 1.85. The van der Waals surface area contributed by atoms with Crippen molar-refractivity contribution < 1.29 is 9.84 Å². The largest absolute Gasteiger partial charge is 0.508 e. The molecule has 0 aliphatic heterocycles. The molecule has 0 unspecified atom stereocenters. The third kappa shape index (κ3) is 2.46. The molecule has 1 aromatic heterocycles. The second-order valence-electron chi connectivity index (χ2n) is 3.17. The zero-order chi connectivity index (χ0) is 10.7. The zero-order valence-electron chi connectivity index (χ0n) is 8.29. The first kappa shape index (κ1) is 9.51. The molecule has 0 amide bonds. The lowest BCUT2D eigenvalue weighted by Crippen LogP contribution is -1.95. The van der Waals surface area contributed by atoms with Gasteiger partial charge in [-0.1, -0.05) is 11.3 Å². The van der Waals surface area contributed by atoms with Crippen LogP contribution in [0.15, 0.2) is 30.5 Å². The molecule has 5 heteroatoms. The summed E-state index contributed by atoms with van der Waals surface area (Å²) in [5, 5.41) is 16.9. The Balaban J connectivity index is 1.99. The molecule has 0 fully saturated rings. The highest BCUT2D eigenvalue weighted by atomic mass is 16.5. The van der Waals surface area contributed by atoms with Gasteiger partial charge in [-0.15, -0.1) is 5.10 Å². The Morgan fingerprint density at radius 2 is 2.33 bits per heavy atom. The Hall–Kier alpha value is -2.04. The number of benzene rings is 1. The summed E-state index contributed by atoms with van der Waals surface area (Å²) in [4.78, 5) is 0. The minimum absolute atomic E-state index is 0.187. The molecule has 1 N–H and O–H groups in total. The topological polar surface area (TPSA) is 60.2 Å². The number of nitrogens with zero attached hydrogens (tertiary/aromatic N) is 3. The molecule has 2 aromatic rings. The van der Waals surface area contributed by atoms with Crippen molar-refractivity contribution in [3.63, 3.8) is 0 Å². The molecule has 15 heavy (non-hydrogen) atoms. The van der Waals surface area contributed by atoms with Gasteiger partial charge in [-0.05, 0) is 12.1 Å². The van der Waals surface area contributed by atoms with E-state index < -0.39 is 0 Å². The van der Waals surface area contributed by atoms with Crippen molar-refractivity contribution in [1.82, 2.24) is 15.0 Å². The van der Waals surface area contributed by atoms with Gasteiger partial charge in [-0.2, -0.15) is 0 Å². The van der Waals surface area contributed by atoms with Crippen LogP contribution in [0.5, 0.6) is 11.5 Å². The molecule has 0 bridgehead atoms. The Morgan fingerprint density at radius 3 is 3.00 bits per heavy atom. The monoisotopic (exact) mass is 205 g/mol. The number of aromatic nitrogens is 3. The number of rotatable bonds is 3. The summed E-state index contributed by atoms with van der Waals surface area (Å²) < 4.78 is 7.02. The highest BCUT2D eigenvalue weighted by Crippen LogP contribution is 2.18. The van der Waals surface area contributed by atoms with Crippen molar-refractivity contribution in [3.05, 3.63) is 36.2 Å². The summed E-state index contributed by atoms with van der Waals surface area (Å²) >= 11 is 0. The first-order valence-electron chi connectivity index (χ1n) is 4.51. The maximum atomic E-state index is 9.20. The molecule has 1 heterocycles. The lowest BCUT2D eigenvalue weighted by molar-refractivity contribution is 0.299. The number of phenolic OH excluding ortho intramolecular Hbond substituents is 1. The van der Waals surface area contributed by atoms with E-state index in [9.17, 15) is 5.11 Å². The van der Waals surface area contributed by atoms with Gasteiger partial charge >= 0.3 is 0 Å². The summed E-state index contributed by atoms with van der Waals surface area (Å²) in [6, 6.07) is 6.64. The minimum atomic E-state index is 0.187. The second kappa shape index (κ2) is 4.00. The van der Waals surface area contributed by atoms with Gasteiger partial charge in [0, 0.05) is 13.1 Å². The van der Waals surface area contributed by atoms with Crippen molar-refractivity contribution in [2.75, 3.05) is 0 Å². The number of aromatic hydroxyl groups is 1. The molecule has 78 valence electrons. The standard InChI is InChI=1S/C10H11N3O2/c1-13-6-8(11-12-13)7-15-10-4-2-3-9(14)5-10/h2-6,14H,7H2,1H3. The van der Waals surface area contributed by atoms with Crippen LogP contribution in [0.25, 0.3) is 0 Å². The molecular formula is C10H11N3O2. The van der Waals surface area contributed by atoms with Crippen LogP contribution in [0.3, 0.4) is 0 Å². The van der Waals surface area contributed by atoms with Crippen LogP contribution in [0.4, 0.5) is 0 Å². The van der Waals surface area contributed by atoms with Gasteiger partial charge in [0.1, 0.15) is 23.8 Å². The van der Waals surface area contributed by atoms with Crippen molar-refractivity contribution in [3.8, 4) is 11.5 Å². The molecule has 0 saturated heterocycles. The lowest BCUT2D eigenvalue weighted by Gasteiger charge is -2.03. The number of ether oxygens (including phenoxy) is 1. The van der Waals surface area contributed by atoms with Crippen molar-refractivity contribution in [2.45, 2.75) is 6.61 Å². The quantitative estimate of drug-likeness (QED) is 0.815. The van der Waals surface area contributed by atoms with Gasteiger partial charge in [0.05, 0.1) is 6.20 Å². The fourth-order valence-electron chi connectivity index (χ4n) is 1.19. The minimum Gasteiger partial charge on any atom is -0.508 e. The van der Waals surface area contributed by atoms with Crippen LogP contribution in [0.1, 0.15) is 5.69 Å². The molecular weight excluding hydrogens is 194 g/mol. The van der Waals surface area contributed by atoms with Crippen molar-refractivity contribution >= 4 is 0 Å². The Kier molecular flexibility index (Phi) is 2.53. The third-order valence-electron chi connectivity index (χ3n) is 1.85. The summed E-state index contributed by atoms with van der Waals surface area (Å²) in [6.07, 6.45) is 1.78. The van der Waals surface area contributed by atoms with Gasteiger partial charge in [-0.25, -0.2) is 0 Å². The molecule has 0 aliphatic carbocycles. The number of hydrogen-bond donors (Lipinski definition) is 1. The second-order valence-corrected chi connectivity index (χ2v) is 3.17. The SMILES string of the molecule is Cn1cc(COc2cccc(O)c2)nn1. The lowest BCUT2D eigenvalue weighted by atomic mass is 10.3. The van der Waals surface area contributed by atoms with Gasteiger partial charge < -0.3 is 9.84 Å². The maximum Gasteiger partial charge on any atom is 0.134 e. The molecule has 1 aromatic carbocycles. The van der Waals surface area contributed by atoms with Gasteiger partial charge in [-0.3, -0.25) is 4.68 Å². The van der Waals surface area contributed by atoms with E-state index in [2.05, 4.69) is 10.3 Å². The molecule has 2 rings (SSSR count). The average Bonchev–Trinajstić information content (AvgIpc) is 2.62. The molecule has 0 spiro atoms. The normalized spacial score (nSPS) is 10.2. The van der Waals surface area contributed by atoms with E-state index in [0.29, 0.717) is 12.4 Å². The number of phenols is 1. The van der Waals surface area contributed by atoms with Crippen LogP contribution in [0.2, 0.25) is 0 Å². The molecule has 0 aliphatic rings. The van der Waals surface area contributed by atoms with Gasteiger partial charge in [0.2, 0.25) is 0 Å². The first-order chi connectivity index (χ1) is 7.24. The summed E-state index contributed by atoms with van der Waals surface area (Å²) in [5.41, 5.74) is 0.751. The highest BCUT2D eigenvalue weighted by Gasteiger charge is 2.00. The van der Waals surface area contributed by atoms with Crippen LogP contribution in [-0.4, -0.2) is 20.1 Å². The maximum absolute atomic E-state index is 9.20. The van der Waals surface area contributed by atoms with Gasteiger partial charge in [0.15, 0.2) is 0 Å². The van der Waals surface area contributed by atoms with E-state index >= 15 is 0 Å².